The van der Waals surface area contributed by atoms with Crippen molar-refractivity contribution in [3.05, 3.63) is 18.0 Å². The van der Waals surface area contributed by atoms with E-state index in [4.69, 9.17) is 5.11 Å². The molecule has 0 aromatic carbocycles. The van der Waals surface area contributed by atoms with E-state index < -0.39 is 6.09 Å². The van der Waals surface area contributed by atoms with Crippen LogP contribution in [-0.2, 0) is 7.05 Å². The van der Waals surface area contributed by atoms with Crippen LogP contribution in [0.2, 0.25) is 0 Å². The van der Waals surface area contributed by atoms with E-state index in [1.165, 1.54) is 4.90 Å². The number of nitrogens with zero attached hydrogens (tertiary/aromatic N) is 3. The summed E-state index contributed by atoms with van der Waals surface area (Å²) >= 11 is 0. The van der Waals surface area contributed by atoms with Crippen molar-refractivity contribution in [2.75, 3.05) is 6.54 Å². The second-order valence-electron chi connectivity index (χ2n) is 3.55. The van der Waals surface area contributed by atoms with Crippen molar-refractivity contribution in [1.82, 2.24) is 14.7 Å². The maximum Gasteiger partial charge on any atom is 0.407 e. The van der Waals surface area contributed by atoms with Crippen LogP contribution in [0.5, 0.6) is 0 Å². The third kappa shape index (κ3) is 1.45. The Hall–Kier alpha value is -1.52. The van der Waals surface area contributed by atoms with Gasteiger partial charge in [-0.1, -0.05) is 0 Å². The average molecular weight is 195 g/mol. The van der Waals surface area contributed by atoms with Gasteiger partial charge in [-0.3, -0.25) is 9.58 Å². The number of carboxylic acid groups (broad SMARTS) is 1. The molecule has 0 bridgehead atoms. The Labute approximate surface area is 81.9 Å². The number of aryl methyl sites for hydroxylation is 1. The SMILES string of the molecule is Cn1ccc([C@@H]2CCCN2C(=O)O)n1. The predicted octanol–water partition coefficient (Wildman–Crippen LogP) is 1.23. The molecule has 1 aromatic rings. The molecule has 1 amide bonds. The van der Waals surface area contributed by atoms with Crippen LogP contribution < -0.4 is 0 Å². The second-order valence-corrected chi connectivity index (χ2v) is 3.55. The molecule has 76 valence electrons. The lowest BCUT2D eigenvalue weighted by molar-refractivity contribution is 0.139. The van der Waals surface area contributed by atoms with Crippen molar-refractivity contribution in [3.63, 3.8) is 0 Å². The summed E-state index contributed by atoms with van der Waals surface area (Å²) in [5.74, 6) is 0. The van der Waals surface area contributed by atoms with Gasteiger partial charge in [0.15, 0.2) is 0 Å². The van der Waals surface area contributed by atoms with Gasteiger partial charge in [0.05, 0.1) is 11.7 Å². The number of likely N-dealkylation sites (tertiary alicyclic amines) is 1. The van der Waals surface area contributed by atoms with Gasteiger partial charge in [-0.25, -0.2) is 4.79 Å². The lowest BCUT2D eigenvalue weighted by atomic mass is 10.1. The molecule has 0 aliphatic carbocycles. The maximum absolute atomic E-state index is 10.9. The van der Waals surface area contributed by atoms with Crippen molar-refractivity contribution < 1.29 is 9.90 Å². The minimum Gasteiger partial charge on any atom is -0.465 e. The van der Waals surface area contributed by atoms with Crippen LogP contribution in [-0.4, -0.2) is 32.4 Å². The molecule has 0 saturated carbocycles. The van der Waals surface area contributed by atoms with Crippen molar-refractivity contribution in [2.45, 2.75) is 18.9 Å². The Bertz CT molecular complexity index is 348. The Kier molecular flexibility index (Phi) is 2.15. The molecule has 1 aromatic heterocycles. The van der Waals surface area contributed by atoms with E-state index >= 15 is 0 Å². The molecule has 2 rings (SSSR count). The van der Waals surface area contributed by atoms with Crippen LogP contribution in [0.15, 0.2) is 12.3 Å². The van der Waals surface area contributed by atoms with Crippen LogP contribution in [0, 0.1) is 0 Å². The summed E-state index contributed by atoms with van der Waals surface area (Å²) in [6.45, 7) is 0.622. The topological polar surface area (TPSA) is 58.4 Å². The van der Waals surface area contributed by atoms with Gasteiger partial charge in [-0.15, -0.1) is 0 Å². The summed E-state index contributed by atoms with van der Waals surface area (Å²) in [6, 6.07) is 1.83. The van der Waals surface area contributed by atoms with Gasteiger partial charge in [-0.2, -0.15) is 5.10 Å². The molecule has 1 aliphatic heterocycles. The number of aromatic nitrogens is 2. The van der Waals surface area contributed by atoms with Crippen LogP contribution in [0.3, 0.4) is 0 Å². The quantitative estimate of drug-likeness (QED) is 0.733. The molecule has 14 heavy (non-hydrogen) atoms. The maximum atomic E-state index is 10.9. The van der Waals surface area contributed by atoms with E-state index in [2.05, 4.69) is 5.10 Å². The molecule has 0 spiro atoms. The predicted molar refractivity (Wildman–Crippen MR) is 49.9 cm³/mol. The Morgan fingerprint density at radius 2 is 2.50 bits per heavy atom. The zero-order chi connectivity index (χ0) is 10.1. The van der Waals surface area contributed by atoms with Gasteiger partial charge in [0.2, 0.25) is 0 Å². The van der Waals surface area contributed by atoms with Crippen LogP contribution in [0.25, 0.3) is 0 Å². The largest absolute Gasteiger partial charge is 0.465 e. The first-order valence-corrected chi connectivity index (χ1v) is 4.67. The molecule has 0 radical (unpaired) electrons. The highest BCUT2D eigenvalue weighted by molar-refractivity contribution is 5.66. The van der Waals surface area contributed by atoms with Gasteiger partial charge in [0, 0.05) is 19.8 Å². The first kappa shape index (κ1) is 9.05. The zero-order valence-electron chi connectivity index (χ0n) is 8.05. The molecule has 1 N–H and O–H groups in total. The molecule has 1 fully saturated rings. The summed E-state index contributed by atoms with van der Waals surface area (Å²) in [5.41, 5.74) is 0.854. The van der Waals surface area contributed by atoms with E-state index in [9.17, 15) is 4.79 Å². The van der Waals surface area contributed by atoms with E-state index in [0.29, 0.717) is 6.54 Å². The highest BCUT2D eigenvalue weighted by Crippen LogP contribution is 2.30. The summed E-state index contributed by atoms with van der Waals surface area (Å²) in [6.07, 6.45) is 2.79. The number of rotatable bonds is 1. The normalized spacial score (nSPS) is 21.5. The molecule has 1 atom stereocenters. The lowest BCUT2D eigenvalue weighted by Gasteiger charge is -2.19. The fourth-order valence-electron chi connectivity index (χ4n) is 1.91. The van der Waals surface area contributed by atoms with Crippen molar-refractivity contribution in [1.29, 1.82) is 0 Å². The summed E-state index contributed by atoms with van der Waals surface area (Å²) < 4.78 is 1.70. The monoisotopic (exact) mass is 195 g/mol. The van der Waals surface area contributed by atoms with Gasteiger partial charge in [-0.05, 0) is 18.9 Å². The molecule has 2 heterocycles. The fourth-order valence-corrected chi connectivity index (χ4v) is 1.91. The van der Waals surface area contributed by atoms with Crippen LogP contribution in [0.4, 0.5) is 4.79 Å². The van der Waals surface area contributed by atoms with Crippen molar-refractivity contribution in [3.8, 4) is 0 Å². The molecule has 0 unspecified atom stereocenters. The molecule has 5 nitrogen and oxygen atoms in total. The van der Waals surface area contributed by atoms with Crippen LogP contribution >= 0.6 is 0 Å². The zero-order valence-corrected chi connectivity index (χ0v) is 8.05. The third-order valence-corrected chi connectivity index (χ3v) is 2.57. The standard InChI is InChI=1S/C9H13N3O2/c1-11-6-4-7(10-11)8-3-2-5-12(8)9(13)14/h4,6,8H,2-3,5H2,1H3,(H,13,14)/t8-/m0/s1. The van der Waals surface area contributed by atoms with Crippen LogP contribution in [0.1, 0.15) is 24.6 Å². The van der Waals surface area contributed by atoms with Crippen molar-refractivity contribution >= 4 is 6.09 Å². The molecule has 1 aliphatic rings. The van der Waals surface area contributed by atoms with Gasteiger partial charge in [0.1, 0.15) is 0 Å². The van der Waals surface area contributed by atoms with E-state index in [1.807, 2.05) is 19.3 Å². The Morgan fingerprint density at radius 3 is 3.07 bits per heavy atom. The average Bonchev–Trinajstić information content (AvgIpc) is 2.70. The summed E-state index contributed by atoms with van der Waals surface area (Å²) in [7, 11) is 1.84. The molecular weight excluding hydrogens is 182 g/mol. The van der Waals surface area contributed by atoms with Gasteiger partial charge >= 0.3 is 6.09 Å². The summed E-state index contributed by atoms with van der Waals surface area (Å²) in [5, 5.41) is 13.2. The Balaban J connectivity index is 2.21. The summed E-state index contributed by atoms with van der Waals surface area (Å²) in [4.78, 5) is 12.3. The first-order valence-electron chi connectivity index (χ1n) is 4.67. The molecular formula is C9H13N3O2. The Morgan fingerprint density at radius 1 is 1.71 bits per heavy atom. The number of carbonyl (C=O) groups is 1. The highest BCUT2D eigenvalue weighted by atomic mass is 16.4. The molecule has 5 heteroatoms. The van der Waals surface area contributed by atoms with Gasteiger partial charge in [0.25, 0.3) is 0 Å². The number of amides is 1. The van der Waals surface area contributed by atoms with Gasteiger partial charge < -0.3 is 5.11 Å². The molecule has 1 saturated heterocycles. The van der Waals surface area contributed by atoms with Crippen molar-refractivity contribution in [2.24, 2.45) is 7.05 Å². The third-order valence-electron chi connectivity index (χ3n) is 2.57. The van der Waals surface area contributed by atoms with E-state index in [1.54, 1.807) is 4.68 Å². The lowest BCUT2D eigenvalue weighted by Crippen LogP contribution is -2.29. The highest BCUT2D eigenvalue weighted by Gasteiger charge is 2.30. The second kappa shape index (κ2) is 3.32. The number of hydrogen-bond acceptors (Lipinski definition) is 2. The smallest absolute Gasteiger partial charge is 0.407 e. The minimum absolute atomic E-state index is 0.0475. The number of hydrogen-bond donors (Lipinski definition) is 1. The fraction of sp³-hybridized carbons (Fsp3) is 0.556. The minimum atomic E-state index is -0.849. The first-order chi connectivity index (χ1) is 6.68. The van der Waals surface area contributed by atoms with E-state index in [-0.39, 0.29) is 6.04 Å². The van der Waals surface area contributed by atoms with E-state index in [0.717, 1.165) is 18.5 Å².